The van der Waals surface area contributed by atoms with Gasteiger partial charge in [0.25, 0.3) is 5.56 Å². The largest absolute Gasteiger partial charge is 0.394 e. The number of anilines is 1. The van der Waals surface area contributed by atoms with E-state index < -0.39 is 36.7 Å². The van der Waals surface area contributed by atoms with Crippen molar-refractivity contribution < 1.29 is 20.1 Å². The van der Waals surface area contributed by atoms with E-state index >= 15 is 0 Å². The van der Waals surface area contributed by atoms with Crippen LogP contribution in [0.4, 0.5) is 5.95 Å². The molecular formula is C10H13N5O5. The molecule has 4 atom stereocenters. The number of H-pyrrole nitrogens is 1. The number of nitrogens with zero attached hydrogens (tertiary/aromatic N) is 3. The normalized spacial score (nSPS) is 30.1. The Morgan fingerprint density at radius 2 is 2.20 bits per heavy atom. The standard InChI is InChI=1S/C10H13N5O5/c11-10-13-7-4(8(19)14-10)15(2-12-7)9-6(18)5(17)3(1-16)20-9/h2-3,5-6,9,16-18H,1H2,(H3,11,13,14,19)/t3-,5+,6+,9-/m1/s1. The molecule has 10 nitrogen and oxygen atoms in total. The molecule has 0 aliphatic carbocycles. The fraction of sp³-hybridized carbons (Fsp3) is 0.500. The molecule has 0 saturated carbocycles. The third kappa shape index (κ3) is 1.78. The van der Waals surface area contributed by atoms with Gasteiger partial charge in [-0.1, -0.05) is 0 Å². The first-order chi connectivity index (χ1) is 9.52. The molecule has 20 heavy (non-hydrogen) atoms. The van der Waals surface area contributed by atoms with Crippen molar-refractivity contribution in [2.45, 2.75) is 24.5 Å². The first kappa shape index (κ1) is 13.0. The molecule has 0 bridgehead atoms. The first-order valence-electron chi connectivity index (χ1n) is 5.87. The number of hydrogen-bond acceptors (Lipinski definition) is 8. The van der Waals surface area contributed by atoms with E-state index in [2.05, 4.69) is 15.0 Å². The van der Waals surface area contributed by atoms with Gasteiger partial charge in [0.2, 0.25) is 5.95 Å². The van der Waals surface area contributed by atoms with Crippen LogP contribution in [0.3, 0.4) is 0 Å². The summed E-state index contributed by atoms with van der Waals surface area (Å²) in [5.74, 6) is -0.0751. The van der Waals surface area contributed by atoms with Crippen molar-refractivity contribution in [3.05, 3.63) is 16.7 Å². The summed E-state index contributed by atoms with van der Waals surface area (Å²) in [5, 5.41) is 28.7. The number of ether oxygens (including phenoxy) is 1. The van der Waals surface area contributed by atoms with E-state index in [4.69, 9.17) is 15.6 Å². The summed E-state index contributed by atoms with van der Waals surface area (Å²) >= 11 is 0. The van der Waals surface area contributed by atoms with Crippen molar-refractivity contribution in [1.29, 1.82) is 0 Å². The quantitative estimate of drug-likeness (QED) is 0.398. The van der Waals surface area contributed by atoms with Gasteiger partial charge in [-0.2, -0.15) is 4.98 Å². The Morgan fingerprint density at radius 3 is 2.85 bits per heavy atom. The minimum atomic E-state index is -1.30. The molecule has 6 N–H and O–H groups in total. The van der Waals surface area contributed by atoms with E-state index in [0.29, 0.717) is 0 Å². The van der Waals surface area contributed by atoms with Gasteiger partial charge in [-0.3, -0.25) is 14.3 Å². The zero-order valence-electron chi connectivity index (χ0n) is 10.2. The molecule has 108 valence electrons. The third-order valence-electron chi connectivity index (χ3n) is 3.25. The average Bonchev–Trinajstić information content (AvgIpc) is 2.93. The Balaban J connectivity index is 2.10. The van der Waals surface area contributed by atoms with Crippen molar-refractivity contribution in [2.75, 3.05) is 12.3 Å². The molecule has 1 fully saturated rings. The van der Waals surface area contributed by atoms with Crippen molar-refractivity contribution in [1.82, 2.24) is 19.5 Å². The number of rotatable bonds is 2. The number of nitrogens with two attached hydrogens (primary N) is 1. The van der Waals surface area contributed by atoms with Crippen LogP contribution in [0.25, 0.3) is 11.2 Å². The van der Waals surface area contributed by atoms with Crippen LogP contribution >= 0.6 is 0 Å². The molecule has 10 heteroatoms. The fourth-order valence-electron chi connectivity index (χ4n) is 2.27. The highest BCUT2D eigenvalue weighted by Crippen LogP contribution is 2.30. The molecule has 0 radical (unpaired) electrons. The monoisotopic (exact) mass is 283 g/mol. The van der Waals surface area contributed by atoms with Crippen LogP contribution in [-0.4, -0.2) is 59.8 Å². The van der Waals surface area contributed by atoms with Crippen molar-refractivity contribution in [2.24, 2.45) is 0 Å². The molecule has 3 heterocycles. The SMILES string of the molecule is Nc1nc2ncn([C@@H]3O[C@H](CO)[C@H](O)[C@@H]3O)c2c(=O)[nH]1. The minimum Gasteiger partial charge on any atom is -0.394 e. The Morgan fingerprint density at radius 1 is 1.45 bits per heavy atom. The molecule has 0 spiro atoms. The predicted octanol–water partition coefficient (Wildman–Crippen LogP) is -2.69. The Hall–Kier alpha value is -2.01. The molecule has 1 aliphatic heterocycles. The highest BCUT2D eigenvalue weighted by molar-refractivity contribution is 5.70. The minimum absolute atomic E-state index is 0.0639. The number of aromatic amines is 1. The maximum Gasteiger partial charge on any atom is 0.278 e. The van der Waals surface area contributed by atoms with Crippen LogP contribution in [0.5, 0.6) is 0 Å². The van der Waals surface area contributed by atoms with Gasteiger partial charge in [-0.05, 0) is 0 Å². The molecule has 0 amide bonds. The second kappa shape index (κ2) is 4.52. The van der Waals surface area contributed by atoms with E-state index in [1.54, 1.807) is 0 Å². The number of aromatic nitrogens is 4. The molecular weight excluding hydrogens is 270 g/mol. The second-order valence-electron chi connectivity index (χ2n) is 4.50. The molecule has 0 unspecified atom stereocenters. The van der Waals surface area contributed by atoms with E-state index in [1.807, 2.05) is 0 Å². The zero-order chi connectivity index (χ0) is 14.4. The number of aliphatic hydroxyl groups is 3. The lowest BCUT2D eigenvalue weighted by Gasteiger charge is -2.16. The fourth-order valence-corrected chi connectivity index (χ4v) is 2.27. The predicted molar refractivity (Wildman–Crippen MR) is 65.6 cm³/mol. The summed E-state index contributed by atoms with van der Waals surface area (Å²) in [6, 6.07) is 0. The average molecular weight is 283 g/mol. The zero-order valence-corrected chi connectivity index (χ0v) is 10.2. The lowest BCUT2D eigenvalue weighted by Crippen LogP contribution is -2.33. The third-order valence-corrected chi connectivity index (χ3v) is 3.25. The highest BCUT2D eigenvalue weighted by Gasteiger charge is 2.44. The lowest BCUT2D eigenvalue weighted by atomic mass is 10.1. The van der Waals surface area contributed by atoms with Gasteiger partial charge < -0.3 is 25.8 Å². The summed E-state index contributed by atoms with van der Waals surface area (Å²) < 4.78 is 6.59. The highest BCUT2D eigenvalue weighted by atomic mass is 16.6. The maximum atomic E-state index is 11.9. The molecule has 2 aromatic rings. The summed E-state index contributed by atoms with van der Waals surface area (Å²) in [6.45, 7) is -0.455. The maximum absolute atomic E-state index is 11.9. The van der Waals surface area contributed by atoms with E-state index in [0.717, 1.165) is 0 Å². The van der Waals surface area contributed by atoms with E-state index in [9.17, 15) is 15.0 Å². The number of nitrogens with one attached hydrogen (secondary N) is 1. The number of fused-ring (bicyclic) bond motifs is 1. The molecule has 1 aliphatic rings. The topological polar surface area (TPSA) is 160 Å². The van der Waals surface area contributed by atoms with E-state index in [1.165, 1.54) is 10.9 Å². The first-order valence-corrected chi connectivity index (χ1v) is 5.87. The Kier molecular flexibility index (Phi) is 2.94. The molecule has 1 saturated heterocycles. The van der Waals surface area contributed by atoms with Gasteiger partial charge in [0.1, 0.15) is 24.6 Å². The van der Waals surface area contributed by atoms with Gasteiger partial charge in [-0.25, -0.2) is 4.98 Å². The van der Waals surface area contributed by atoms with Crippen molar-refractivity contribution in [3.8, 4) is 0 Å². The molecule has 0 aromatic carbocycles. The van der Waals surface area contributed by atoms with Crippen LogP contribution < -0.4 is 11.3 Å². The van der Waals surface area contributed by atoms with Gasteiger partial charge in [-0.15, -0.1) is 0 Å². The van der Waals surface area contributed by atoms with Gasteiger partial charge in [0, 0.05) is 0 Å². The lowest BCUT2D eigenvalue weighted by molar-refractivity contribution is -0.0509. The van der Waals surface area contributed by atoms with Gasteiger partial charge >= 0.3 is 0 Å². The smallest absolute Gasteiger partial charge is 0.278 e. The summed E-state index contributed by atoms with van der Waals surface area (Å²) in [7, 11) is 0. The molecule has 2 aromatic heterocycles. The second-order valence-corrected chi connectivity index (χ2v) is 4.50. The summed E-state index contributed by atoms with van der Waals surface area (Å²) in [4.78, 5) is 22.0. The number of aliphatic hydroxyl groups excluding tert-OH is 3. The van der Waals surface area contributed by atoms with Gasteiger partial charge in [0.05, 0.1) is 6.61 Å². The molecule has 3 rings (SSSR count). The Labute approximate surface area is 111 Å². The number of imidazole rings is 1. The van der Waals surface area contributed by atoms with Crippen LogP contribution in [0, 0.1) is 0 Å². The Bertz CT molecular complexity index is 697. The van der Waals surface area contributed by atoms with Crippen molar-refractivity contribution in [3.63, 3.8) is 0 Å². The number of nitrogen functional groups attached to an aromatic ring is 1. The summed E-state index contributed by atoms with van der Waals surface area (Å²) in [5.41, 5.74) is 5.04. The van der Waals surface area contributed by atoms with Crippen LogP contribution in [0.2, 0.25) is 0 Å². The van der Waals surface area contributed by atoms with Crippen LogP contribution in [-0.2, 0) is 4.74 Å². The van der Waals surface area contributed by atoms with E-state index in [-0.39, 0.29) is 17.1 Å². The van der Waals surface area contributed by atoms with Crippen LogP contribution in [0.15, 0.2) is 11.1 Å². The van der Waals surface area contributed by atoms with Gasteiger partial charge in [0.15, 0.2) is 17.4 Å². The van der Waals surface area contributed by atoms with Crippen molar-refractivity contribution >= 4 is 17.1 Å². The number of hydrogen-bond donors (Lipinski definition) is 5. The van der Waals surface area contributed by atoms with Crippen LogP contribution in [0.1, 0.15) is 6.23 Å². The summed E-state index contributed by atoms with van der Waals surface area (Å²) in [6.07, 6.45) is -3.29.